The summed E-state index contributed by atoms with van der Waals surface area (Å²) < 4.78 is 25.3. The molecule has 0 heterocycles. The van der Waals surface area contributed by atoms with Crippen LogP contribution in [0.4, 0.5) is 0 Å². The largest absolute Gasteiger partial charge is 0.390 e. The molecular formula is C18H26O3S. The molecule has 0 spiro atoms. The summed E-state index contributed by atoms with van der Waals surface area (Å²) in [4.78, 5) is 0.460. The first-order valence-electron chi connectivity index (χ1n) is 8.41. The van der Waals surface area contributed by atoms with Crippen molar-refractivity contribution in [1.29, 1.82) is 0 Å². The van der Waals surface area contributed by atoms with Crippen LogP contribution in [-0.2, 0) is 9.84 Å². The van der Waals surface area contributed by atoms with Gasteiger partial charge in [0, 0.05) is 0 Å². The molecule has 2 aliphatic carbocycles. The first-order valence-corrected chi connectivity index (χ1v) is 10.1. The molecule has 0 atom stereocenters. The molecule has 2 aliphatic rings. The first kappa shape index (κ1) is 16.0. The zero-order valence-electron chi connectivity index (χ0n) is 13.3. The Kier molecular flexibility index (Phi) is 4.34. The van der Waals surface area contributed by atoms with Crippen LogP contribution in [0.25, 0.3) is 0 Å². The van der Waals surface area contributed by atoms with E-state index < -0.39 is 15.4 Å². The molecule has 0 amide bonds. The highest BCUT2D eigenvalue weighted by atomic mass is 32.2. The number of benzene rings is 1. The monoisotopic (exact) mass is 322 g/mol. The van der Waals surface area contributed by atoms with Gasteiger partial charge in [0.1, 0.15) is 0 Å². The van der Waals surface area contributed by atoms with Crippen molar-refractivity contribution in [3.8, 4) is 0 Å². The van der Waals surface area contributed by atoms with Crippen LogP contribution in [0.1, 0.15) is 63.4 Å². The van der Waals surface area contributed by atoms with Crippen LogP contribution >= 0.6 is 0 Å². The highest BCUT2D eigenvalue weighted by molar-refractivity contribution is 7.91. The average Bonchev–Trinajstić information content (AvgIpc) is 2.45. The van der Waals surface area contributed by atoms with Gasteiger partial charge < -0.3 is 5.11 Å². The second-order valence-corrected chi connectivity index (χ2v) is 9.49. The minimum absolute atomic E-state index is 0.291. The van der Waals surface area contributed by atoms with E-state index in [1.807, 2.05) is 25.1 Å². The standard InChI is InChI=1S/C18H26O3S/c1-18(19)11-16(12-18)15-8-5-9-17(10-15)22(20,21)13-14-6-3-2-4-7-14/h5,8-10,14,16,19H,2-4,6-7,11-13H2,1H3. The van der Waals surface area contributed by atoms with Gasteiger partial charge in [0.05, 0.1) is 16.2 Å². The Morgan fingerprint density at radius 1 is 1.18 bits per heavy atom. The van der Waals surface area contributed by atoms with Gasteiger partial charge in [-0.05, 0) is 62.1 Å². The van der Waals surface area contributed by atoms with Crippen LogP contribution < -0.4 is 0 Å². The van der Waals surface area contributed by atoms with E-state index in [1.165, 1.54) is 6.42 Å². The van der Waals surface area contributed by atoms with Crippen molar-refractivity contribution in [1.82, 2.24) is 0 Å². The van der Waals surface area contributed by atoms with Gasteiger partial charge in [-0.1, -0.05) is 31.4 Å². The number of hydrogen-bond acceptors (Lipinski definition) is 3. The SMILES string of the molecule is CC1(O)CC(c2cccc(S(=O)(=O)CC3CCCCC3)c2)C1. The summed E-state index contributed by atoms with van der Waals surface area (Å²) in [6.07, 6.45) is 7.11. The molecule has 1 aromatic carbocycles. The second kappa shape index (κ2) is 5.97. The zero-order chi connectivity index (χ0) is 15.8. The molecule has 4 heteroatoms. The highest BCUT2D eigenvalue weighted by Crippen LogP contribution is 2.44. The lowest BCUT2D eigenvalue weighted by molar-refractivity contribution is -0.0313. The summed E-state index contributed by atoms with van der Waals surface area (Å²) in [5.41, 5.74) is 0.470. The fourth-order valence-corrected chi connectivity index (χ4v) is 5.71. The van der Waals surface area contributed by atoms with E-state index in [0.717, 1.165) is 44.1 Å². The summed E-state index contributed by atoms with van der Waals surface area (Å²) in [6, 6.07) is 7.38. The lowest BCUT2D eigenvalue weighted by atomic mass is 9.69. The maximum atomic E-state index is 12.7. The Morgan fingerprint density at radius 2 is 1.86 bits per heavy atom. The topological polar surface area (TPSA) is 54.4 Å². The van der Waals surface area contributed by atoms with Gasteiger partial charge in [0.15, 0.2) is 9.84 Å². The van der Waals surface area contributed by atoms with E-state index in [4.69, 9.17) is 0 Å². The van der Waals surface area contributed by atoms with Crippen molar-refractivity contribution in [2.45, 2.75) is 68.3 Å². The third-order valence-electron chi connectivity index (χ3n) is 5.24. The molecule has 0 saturated heterocycles. The third kappa shape index (κ3) is 3.54. The molecule has 22 heavy (non-hydrogen) atoms. The van der Waals surface area contributed by atoms with Gasteiger partial charge in [0.25, 0.3) is 0 Å². The summed E-state index contributed by atoms with van der Waals surface area (Å²) in [7, 11) is -3.19. The van der Waals surface area contributed by atoms with Crippen LogP contribution in [0.15, 0.2) is 29.2 Å². The van der Waals surface area contributed by atoms with Crippen molar-refractivity contribution in [2.24, 2.45) is 5.92 Å². The molecule has 1 N–H and O–H groups in total. The zero-order valence-corrected chi connectivity index (χ0v) is 14.1. The van der Waals surface area contributed by atoms with Gasteiger partial charge in [0.2, 0.25) is 0 Å². The Balaban J connectivity index is 1.73. The molecule has 3 rings (SSSR count). The minimum Gasteiger partial charge on any atom is -0.390 e. The van der Waals surface area contributed by atoms with Crippen molar-refractivity contribution in [2.75, 3.05) is 5.75 Å². The fourth-order valence-electron chi connectivity index (χ4n) is 3.96. The molecule has 2 fully saturated rings. The van der Waals surface area contributed by atoms with E-state index in [2.05, 4.69) is 0 Å². The van der Waals surface area contributed by atoms with Gasteiger partial charge in [-0.2, -0.15) is 0 Å². The summed E-state index contributed by atoms with van der Waals surface area (Å²) >= 11 is 0. The highest BCUT2D eigenvalue weighted by Gasteiger charge is 2.39. The summed E-state index contributed by atoms with van der Waals surface area (Å²) in [5.74, 6) is 0.908. The van der Waals surface area contributed by atoms with E-state index in [1.54, 1.807) is 6.07 Å². The first-order chi connectivity index (χ1) is 10.4. The predicted octanol–water partition coefficient (Wildman–Crippen LogP) is 3.67. The van der Waals surface area contributed by atoms with Crippen molar-refractivity contribution >= 4 is 9.84 Å². The summed E-state index contributed by atoms with van der Waals surface area (Å²) in [6.45, 7) is 1.84. The number of hydrogen-bond donors (Lipinski definition) is 1. The van der Waals surface area contributed by atoms with Crippen molar-refractivity contribution < 1.29 is 13.5 Å². The Hall–Kier alpha value is -0.870. The summed E-state index contributed by atoms with van der Waals surface area (Å²) in [5, 5.41) is 9.87. The predicted molar refractivity (Wildman–Crippen MR) is 87.7 cm³/mol. The lowest BCUT2D eigenvalue weighted by Crippen LogP contribution is -2.39. The fraction of sp³-hybridized carbons (Fsp3) is 0.667. The molecule has 1 aromatic rings. The van der Waals surface area contributed by atoms with Gasteiger partial charge in [-0.25, -0.2) is 8.42 Å². The van der Waals surface area contributed by atoms with Gasteiger partial charge >= 0.3 is 0 Å². The van der Waals surface area contributed by atoms with Crippen molar-refractivity contribution in [3.63, 3.8) is 0 Å². The third-order valence-corrected chi connectivity index (χ3v) is 7.12. The van der Waals surface area contributed by atoms with Crippen LogP contribution in [0.3, 0.4) is 0 Å². The van der Waals surface area contributed by atoms with E-state index >= 15 is 0 Å². The normalized spacial score (nSPS) is 30.0. The average molecular weight is 322 g/mol. The van der Waals surface area contributed by atoms with Crippen LogP contribution in [0.5, 0.6) is 0 Å². The maximum Gasteiger partial charge on any atom is 0.178 e. The van der Waals surface area contributed by atoms with E-state index in [0.29, 0.717) is 22.5 Å². The quantitative estimate of drug-likeness (QED) is 0.920. The molecule has 0 bridgehead atoms. The Labute approximate surface area is 133 Å². The van der Waals surface area contributed by atoms with E-state index in [9.17, 15) is 13.5 Å². The number of aliphatic hydroxyl groups is 1. The van der Waals surface area contributed by atoms with Gasteiger partial charge in [-0.3, -0.25) is 0 Å². The molecule has 0 aromatic heterocycles. The second-order valence-electron chi connectivity index (χ2n) is 7.46. The maximum absolute atomic E-state index is 12.7. The van der Waals surface area contributed by atoms with Crippen LogP contribution in [0, 0.1) is 5.92 Å². The molecule has 0 radical (unpaired) electrons. The van der Waals surface area contributed by atoms with E-state index in [-0.39, 0.29) is 0 Å². The van der Waals surface area contributed by atoms with Crippen molar-refractivity contribution in [3.05, 3.63) is 29.8 Å². The molecular weight excluding hydrogens is 296 g/mol. The minimum atomic E-state index is -3.19. The van der Waals surface area contributed by atoms with Crippen LogP contribution in [0.2, 0.25) is 0 Å². The number of sulfone groups is 1. The number of rotatable bonds is 4. The molecule has 0 aliphatic heterocycles. The smallest absolute Gasteiger partial charge is 0.178 e. The molecule has 122 valence electrons. The molecule has 2 saturated carbocycles. The Bertz CT molecular complexity index is 619. The van der Waals surface area contributed by atoms with Crippen LogP contribution in [-0.4, -0.2) is 24.9 Å². The van der Waals surface area contributed by atoms with Gasteiger partial charge in [-0.15, -0.1) is 0 Å². The Morgan fingerprint density at radius 3 is 2.50 bits per heavy atom. The molecule has 0 unspecified atom stereocenters. The molecule has 3 nitrogen and oxygen atoms in total. The lowest BCUT2D eigenvalue weighted by Gasteiger charge is -2.41.